The van der Waals surface area contributed by atoms with E-state index < -0.39 is 11.9 Å². The molecule has 0 spiro atoms. The zero-order chi connectivity index (χ0) is 18.6. The molecule has 25 heavy (non-hydrogen) atoms. The number of hydrogen-bond acceptors (Lipinski definition) is 7. The fourth-order valence-electron chi connectivity index (χ4n) is 1.63. The number of hydrogen-bond donors (Lipinski definition) is 2. The molecule has 0 aromatic heterocycles. The summed E-state index contributed by atoms with van der Waals surface area (Å²) >= 11 is 0. The lowest BCUT2D eigenvalue weighted by Crippen LogP contribution is -2.13. The summed E-state index contributed by atoms with van der Waals surface area (Å²) in [6.07, 6.45) is 1.25. The summed E-state index contributed by atoms with van der Waals surface area (Å²) < 4.78 is 26.3. The van der Waals surface area contributed by atoms with Gasteiger partial charge >= 0.3 is 11.9 Å². The Morgan fingerprint density at radius 1 is 0.480 bits per heavy atom. The van der Waals surface area contributed by atoms with Gasteiger partial charge in [0.2, 0.25) is 0 Å². The molecule has 9 heteroatoms. The quantitative estimate of drug-likeness (QED) is 0.301. The Bertz CT molecular complexity index is 293. The highest BCUT2D eigenvalue weighted by Gasteiger charge is 1.97. The molecular formula is C16H30O9. The molecule has 9 nitrogen and oxygen atoms in total. The van der Waals surface area contributed by atoms with Gasteiger partial charge in [0.15, 0.2) is 0 Å². The van der Waals surface area contributed by atoms with E-state index in [2.05, 4.69) is 0 Å². The van der Waals surface area contributed by atoms with Crippen LogP contribution in [0.5, 0.6) is 0 Å². The first-order valence-corrected chi connectivity index (χ1v) is 8.45. The van der Waals surface area contributed by atoms with Crippen molar-refractivity contribution in [3.8, 4) is 0 Å². The standard InChI is InChI=1S/C16H30O9/c17-15(18)3-1-5-21-7-9-23-11-13-25-14-12-24-10-8-22-6-2-4-16(19)20/h1-14H2,(H,17,18)(H,19,20). The Kier molecular flexibility index (Phi) is 18.1. The topological polar surface area (TPSA) is 121 Å². The number of carboxylic acid groups (broad SMARTS) is 2. The number of carbonyl (C=O) groups is 2. The number of aliphatic carboxylic acids is 2. The van der Waals surface area contributed by atoms with Crippen LogP contribution in [0.2, 0.25) is 0 Å². The highest BCUT2D eigenvalue weighted by Crippen LogP contribution is 1.91. The molecule has 0 fully saturated rings. The summed E-state index contributed by atoms with van der Waals surface area (Å²) in [5.74, 6) is -1.63. The van der Waals surface area contributed by atoms with Crippen LogP contribution in [0.3, 0.4) is 0 Å². The van der Waals surface area contributed by atoms with Gasteiger partial charge in [-0.1, -0.05) is 0 Å². The van der Waals surface area contributed by atoms with Crippen LogP contribution in [0.4, 0.5) is 0 Å². The van der Waals surface area contributed by atoms with Crippen LogP contribution in [0.1, 0.15) is 25.7 Å². The van der Waals surface area contributed by atoms with E-state index in [1.807, 2.05) is 0 Å². The summed E-state index contributed by atoms with van der Waals surface area (Å²) in [5, 5.41) is 16.9. The highest BCUT2D eigenvalue weighted by molar-refractivity contribution is 5.66. The molecule has 0 saturated heterocycles. The van der Waals surface area contributed by atoms with E-state index in [0.29, 0.717) is 78.9 Å². The Balaban J connectivity index is 3.00. The van der Waals surface area contributed by atoms with E-state index in [9.17, 15) is 9.59 Å². The van der Waals surface area contributed by atoms with Gasteiger partial charge in [-0.3, -0.25) is 9.59 Å². The van der Waals surface area contributed by atoms with Crippen molar-refractivity contribution in [2.24, 2.45) is 0 Å². The second kappa shape index (κ2) is 19.1. The molecule has 0 saturated carbocycles. The van der Waals surface area contributed by atoms with Crippen LogP contribution in [0.25, 0.3) is 0 Å². The third kappa shape index (κ3) is 22.7. The van der Waals surface area contributed by atoms with E-state index in [0.717, 1.165) is 0 Å². The normalized spacial score (nSPS) is 10.9. The minimum Gasteiger partial charge on any atom is -0.481 e. The Hall–Kier alpha value is -1.26. The van der Waals surface area contributed by atoms with Crippen molar-refractivity contribution in [3.63, 3.8) is 0 Å². The van der Waals surface area contributed by atoms with Crippen LogP contribution in [0, 0.1) is 0 Å². The first-order valence-electron chi connectivity index (χ1n) is 8.45. The highest BCUT2D eigenvalue weighted by atomic mass is 16.6. The SMILES string of the molecule is O=C(O)CCCOCCOCCOCCOCCOCCCC(=O)O. The largest absolute Gasteiger partial charge is 0.481 e. The summed E-state index contributed by atoms with van der Waals surface area (Å²) in [7, 11) is 0. The predicted octanol–water partition coefficient (Wildman–Crippen LogP) is 0.799. The smallest absolute Gasteiger partial charge is 0.303 e. The second-order valence-corrected chi connectivity index (χ2v) is 5.06. The molecule has 2 N–H and O–H groups in total. The van der Waals surface area contributed by atoms with Gasteiger partial charge in [0.25, 0.3) is 0 Å². The number of rotatable bonds is 20. The van der Waals surface area contributed by atoms with Gasteiger partial charge in [0.05, 0.1) is 52.9 Å². The van der Waals surface area contributed by atoms with E-state index in [1.54, 1.807) is 0 Å². The van der Waals surface area contributed by atoms with Gasteiger partial charge in [-0.2, -0.15) is 0 Å². The lowest BCUT2D eigenvalue weighted by atomic mass is 10.3. The average Bonchev–Trinajstić information content (AvgIpc) is 2.56. The molecule has 0 heterocycles. The minimum atomic E-state index is -0.816. The van der Waals surface area contributed by atoms with Gasteiger partial charge in [0.1, 0.15) is 0 Å². The molecule has 0 bridgehead atoms. The Morgan fingerprint density at radius 2 is 0.720 bits per heavy atom. The Labute approximate surface area is 148 Å². The van der Waals surface area contributed by atoms with Gasteiger partial charge in [-0.15, -0.1) is 0 Å². The summed E-state index contributed by atoms with van der Waals surface area (Å²) in [6.45, 7) is 4.49. The maximum absolute atomic E-state index is 10.3. The molecule has 0 rings (SSSR count). The van der Waals surface area contributed by atoms with Gasteiger partial charge < -0.3 is 33.9 Å². The zero-order valence-electron chi connectivity index (χ0n) is 14.7. The monoisotopic (exact) mass is 366 g/mol. The van der Waals surface area contributed by atoms with Crippen molar-refractivity contribution >= 4 is 11.9 Å². The fourth-order valence-corrected chi connectivity index (χ4v) is 1.63. The first kappa shape index (κ1) is 23.7. The molecule has 0 unspecified atom stereocenters. The third-order valence-corrected chi connectivity index (χ3v) is 2.85. The van der Waals surface area contributed by atoms with E-state index >= 15 is 0 Å². The van der Waals surface area contributed by atoms with E-state index in [1.165, 1.54) is 0 Å². The van der Waals surface area contributed by atoms with Crippen LogP contribution in [0.15, 0.2) is 0 Å². The van der Waals surface area contributed by atoms with E-state index in [4.69, 9.17) is 33.9 Å². The van der Waals surface area contributed by atoms with Crippen LogP contribution < -0.4 is 0 Å². The van der Waals surface area contributed by atoms with Gasteiger partial charge in [-0.25, -0.2) is 0 Å². The lowest BCUT2D eigenvalue weighted by molar-refractivity contribution is -0.138. The van der Waals surface area contributed by atoms with Gasteiger partial charge in [-0.05, 0) is 12.8 Å². The molecule has 0 aliphatic heterocycles. The average molecular weight is 366 g/mol. The maximum atomic E-state index is 10.3. The molecule has 0 aromatic carbocycles. The van der Waals surface area contributed by atoms with Crippen LogP contribution in [-0.2, 0) is 33.3 Å². The third-order valence-electron chi connectivity index (χ3n) is 2.85. The summed E-state index contributed by atoms with van der Waals surface area (Å²) in [4.78, 5) is 20.5. The molecule has 0 aliphatic rings. The minimum absolute atomic E-state index is 0.119. The van der Waals surface area contributed by atoms with Crippen molar-refractivity contribution in [1.82, 2.24) is 0 Å². The number of carboxylic acids is 2. The van der Waals surface area contributed by atoms with Crippen molar-refractivity contribution in [2.45, 2.75) is 25.7 Å². The molecule has 0 aromatic rings. The van der Waals surface area contributed by atoms with E-state index in [-0.39, 0.29) is 12.8 Å². The predicted molar refractivity (Wildman–Crippen MR) is 87.8 cm³/mol. The second-order valence-electron chi connectivity index (χ2n) is 5.06. The molecular weight excluding hydrogens is 336 g/mol. The zero-order valence-corrected chi connectivity index (χ0v) is 14.7. The lowest BCUT2D eigenvalue weighted by Gasteiger charge is -2.07. The van der Waals surface area contributed by atoms with Crippen molar-refractivity contribution < 1.29 is 43.5 Å². The van der Waals surface area contributed by atoms with Crippen molar-refractivity contribution in [2.75, 3.05) is 66.1 Å². The van der Waals surface area contributed by atoms with Crippen LogP contribution >= 0.6 is 0 Å². The maximum Gasteiger partial charge on any atom is 0.303 e. The van der Waals surface area contributed by atoms with Crippen LogP contribution in [-0.4, -0.2) is 88.2 Å². The molecule has 0 radical (unpaired) electrons. The number of ether oxygens (including phenoxy) is 5. The fraction of sp³-hybridized carbons (Fsp3) is 0.875. The molecule has 0 atom stereocenters. The molecule has 0 amide bonds. The summed E-state index contributed by atoms with van der Waals surface area (Å²) in [6, 6.07) is 0. The first-order chi connectivity index (χ1) is 12.1. The Morgan fingerprint density at radius 3 is 0.960 bits per heavy atom. The molecule has 148 valence electrons. The summed E-state index contributed by atoms with van der Waals surface area (Å²) in [5.41, 5.74) is 0. The van der Waals surface area contributed by atoms with Gasteiger partial charge in [0, 0.05) is 26.1 Å². The van der Waals surface area contributed by atoms with Crippen molar-refractivity contribution in [1.29, 1.82) is 0 Å². The van der Waals surface area contributed by atoms with Crippen molar-refractivity contribution in [3.05, 3.63) is 0 Å². The molecule has 0 aliphatic carbocycles.